The van der Waals surface area contributed by atoms with Crippen LogP contribution in [0.4, 0.5) is 0 Å². The average molecular weight is 352 g/mol. The van der Waals surface area contributed by atoms with Crippen molar-refractivity contribution in [1.82, 2.24) is 19.4 Å². The Morgan fingerprint density at radius 3 is 2.50 bits per heavy atom. The molecule has 2 aromatic heterocycles. The van der Waals surface area contributed by atoms with Gasteiger partial charge in [-0.3, -0.25) is 9.59 Å². The van der Waals surface area contributed by atoms with Gasteiger partial charge in [0.2, 0.25) is 5.91 Å². The van der Waals surface area contributed by atoms with Crippen LogP contribution < -0.4 is 0 Å². The number of hydrogen-bond acceptors (Lipinski definition) is 4. The Hall–Kier alpha value is -3.09. The first-order valence-corrected chi connectivity index (χ1v) is 8.68. The van der Waals surface area contributed by atoms with E-state index in [2.05, 4.69) is 4.98 Å². The lowest BCUT2D eigenvalue weighted by molar-refractivity contribution is -0.135. The van der Waals surface area contributed by atoms with Gasteiger partial charge < -0.3 is 18.8 Å². The lowest BCUT2D eigenvalue weighted by atomic mass is 10.2. The SMILES string of the molecule is CC(C(=O)N1CCN(C(=O)c2ccco2)CC1)n1cnc2ccccc21. The Morgan fingerprint density at radius 2 is 1.77 bits per heavy atom. The summed E-state index contributed by atoms with van der Waals surface area (Å²) in [5.41, 5.74) is 1.82. The second kappa shape index (κ2) is 6.67. The number of amides is 2. The summed E-state index contributed by atoms with van der Waals surface area (Å²) in [7, 11) is 0. The summed E-state index contributed by atoms with van der Waals surface area (Å²) in [5.74, 6) is 0.247. The summed E-state index contributed by atoms with van der Waals surface area (Å²) in [4.78, 5) is 33.1. The highest BCUT2D eigenvalue weighted by atomic mass is 16.3. The maximum absolute atomic E-state index is 12.9. The first kappa shape index (κ1) is 16.4. The standard InChI is InChI=1S/C19H20N4O3/c1-14(23-13-20-15-5-2-3-6-16(15)23)18(24)21-8-10-22(11-9-21)19(25)17-7-4-12-26-17/h2-7,12-14H,8-11H2,1H3. The molecule has 1 aromatic carbocycles. The van der Waals surface area contributed by atoms with Crippen molar-refractivity contribution in [2.24, 2.45) is 0 Å². The fourth-order valence-corrected chi connectivity index (χ4v) is 3.36. The van der Waals surface area contributed by atoms with E-state index in [1.54, 1.807) is 23.4 Å². The third-order valence-corrected chi connectivity index (χ3v) is 4.87. The van der Waals surface area contributed by atoms with Crippen LogP contribution in [-0.4, -0.2) is 57.3 Å². The molecule has 0 N–H and O–H groups in total. The molecule has 4 rings (SSSR count). The molecule has 3 aromatic rings. The molecular formula is C19H20N4O3. The lowest BCUT2D eigenvalue weighted by Gasteiger charge is -2.35. The van der Waals surface area contributed by atoms with Crippen molar-refractivity contribution in [1.29, 1.82) is 0 Å². The summed E-state index contributed by atoms with van der Waals surface area (Å²) in [6, 6.07) is 10.8. The lowest BCUT2D eigenvalue weighted by Crippen LogP contribution is -2.51. The van der Waals surface area contributed by atoms with E-state index in [1.165, 1.54) is 6.26 Å². The summed E-state index contributed by atoms with van der Waals surface area (Å²) in [5, 5.41) is 0. The minimum absolute atomic E-state index is 0.0400. The number of benzene rings is 1. The van der Waals surface area contributed by atoms with E-state index < -0.39 is 0 Å². The molecule has 1 unspecified atom stereocenters. The summed E-state index contributed by atoms with van der Waals surface area (Å²) < 4.78 is 7.07. The highest BCUT2D eigenvalue weighted by Gasteiger charge is 2.29. The molecule has 0 spiro atoms. The maximum Gasteiger partial charge on any atom is 0.289 e. The number of piperazine rings is 1. The van der Waals surface area contributed by atoms with E-state index >= 15 is 0 Å². The van der Waals surface area contributed by atoms with Gasteiger partial charge in [-0.1, -0.05) is 12.1 Å². The molecule has 7 heteroatoms. The van der Waals surface area contributed by atoms with Gasteiger partial charge >= 0.3 is 0 Å². The topological polar surface area (TPSA) is 71.6 Å². The molecule has 1 aliphatic rings. The normalized spacial score (nSPS) is 16.0. The Labute approximate surface area is 150 Å². The second-order valence-electron chi connectivity index (χ2n) is 6.41. The predicted octanol–water partition coefficient (Wildman–Crippen LogP) is 2.17. The van der Waals surface area contributed by atoms with Gasteiger partial charge in [-0.25, -0.2) is 4.98 Å². The number of fused-ring (bicyclic) bond motifs is 1. The van der Waals surface area contributed by atoms with Crippen LogP contribution in [0.15, 0.2) is 53.4 Å². The van der Waals surface area contributed by atoms with Crippen molar-refractivity contribution in [3.63, 3.8) is 0 Å². The van der Waals surface area contributed by atoms with Gasteiger partial charge in [0.05, 0.1) is 23.6 Å². The average Bonchev–Trinajstić information content (AvgIpc) is 3.36. The smallest absolute Gasteiger partial charge is 0.289 e. The van der Waals surface area contributed by atoms with Gasteiger partial charge in [-0.15, -0.1) is 0 Å². The molecule has 7 nitrogen and oxygen atoms in total. The van der Waals surface area contributed by atoms with Crippen LogP contribution in [0.3, 0.4) is 0 Å². The molecule has 1 fully saturated rings. The van der Waals surface area contributed by atoms with Crippen molar-refractivity contribution in [3.8, 4) is 0 Å². The monoisotopic (exact) mass is 352 g/mol. The zero-order valence-corrected chi connectivity index (χ0v) is 14.5. The number of hydrogen-bond donors (Lipinski definition) is 0. The van der Waals surface area contributed by atoms with E-state index in [9.17, 15) is 9.59 Å². The fourth-order valence-electron chi connectivity index (χ4n) is 3.36. The molecule has 3 heterocycles. The van der Waals surface area contributed by atoms with Crippen LogP contribution in [0.5, 0.6) is 0 Å². The Kier molecular flexibility index (Phi) is 4.20. The minimum atomic E-state index is -0.338. The van der Waals surface area contributed by atoms with Gasteiger partial charge in [0.1, 0.15) is 6.04 Å². The zero-order valence-electron chi connectivity index (χ0n) is 14.5. The quantitative estimate of drug-likeness (QED) is 0.724. The van der Waals surface area contributed by atoms with Crippen LogP contribution in [0.2, 0.25) is 0 Å². The van der Waals surface area contributed by atoms with E-state index in [1.807, 2.05) is 40.7 Å². The molecular weight excluding hydrogens is 332 g/mol. The van der Waals surface area contributed by atoms with E-state index in [0.29, 0.717) is 31.9 Å². The summed E-state index contributed by atoms with van der Waals surface area (Å²) in [6.45, 7) is 3.92. The van der Waals surface area contributed by atoms with Crippen molar-refractivity contribution < 1.29 is 14.0 Å². The number of para-hydroxylation sites is 2. The highest BCUT2D eigenvalue weighted by molar-refractivity contribution is 5.91. The Morgan fingerprint density at radius 1 is 1.04 bits per heavy atom. The zero-order chi connectivity index (χ0) is 18.1. The number of imidazole rings is 1. The molecule has 134 valence electrons. The molecule has 1 aliphatic heterocycles. The van der Waals surface area contributed by atoms with Gasteiger partial charge in [0.15, 0.2) is 5.76 Å². The van der Waals surface area contributed by atoms with Crippen molar-refractivity contribution >= 4 is 22.8 Å². The first-order chi connectivity index (χ1) is 12.6. The van der Waals surface area contributed by atoms with Crippen molar-refractivity contribution in [2.45, 2.75) is 13.0 Å². The minimum Gasteiger partial charge on any atom is -0.459 e. The molecule has 0 aliphatic carbocycles. The molecule has 0 saturated carbocycles. The Balaban J connectivity index is 1.42. The molecule has 1 saturated heterocycles. The number of carbonyl (C=O) groups is 2. The molecule has 0 bridgehead atoms. The second-order valence-corrected chi connectivity index (χ2v) is 6.41. The van der Waals surface area contributed by atoms with E-state index in [4.69, 9.17) is 4.42 Å². The Bertz CT molecular complexity index is 923. The van der Waals surface area contributed by atoms with Crippen molar-refractivity contribution in [2.75, 3.05) is 26.2 Å². The third-order valence-electron chi connectivity index (χ3n) is 4.87. The number of aromatic nitrogens is 2. The van der Waals surface area contributed by atoms with Crippen LogP contribution in [-0.2, 0) is 4.79 Å². The van der Waals surface area contributed by atoms with Crippen LogP contribution in [0, 0.1) is 0 Å². The van der Waals surface area contributed by atoms with E-state index in [0.717, 1.165) is 11.0 Å². The largest absolute Gasteiger partial charge is 0.459 e. The molecule has 2 amide bonds. The summed E-state index contributed by atoms with van der Waals surface area (Å²) >= 11 is 0. The third kappa shape index (κ3) is 2.85. The molecule has 26 heavy (non-hydrogen) atoms. The van der Waals surface area contributed by atoms with Crippen LogP contribution >= 0.6 is 0 Å². The number of furan rings is 1. The highest BCUT2D eigenvalue weighted by Crippen LogP contribution is 2.20. The number of carbonyl (C=O) groups excluding carboxylic acids is 2. The van der Waals surface area contributed by atoms with Gasteiger partial charge in [-0.2, -0.15) is 0 Å². The van der Waals surface area contributed by atoms with E-state index in [-0.39, 0.29) is 17.9 Å². The predicted molar refractivity (Wildman–Crippen MR) is 95.6 cm³/mol. The molecule has 1 atom stereocenters. The van der Waals surface area contributed by atoms with Gasteiger partial charge in [0.25, 0.3) is 5.91 Å². The maximum atomic E-state index is 12.9. The fraction of sp³-hybridized carbons (Fsp3) is 0.316. The van der Waals surface area contributed by atoms with Crippen LogP contribution in [0.25, 0.3) is 11.0 Å². The first-order valence-electron chi connectivity index (χ1n) is 8.68. The summed E-state index contributed by atoms with van der Waals surface area (Å²) in [6.07, 6.45) is 3.20. The number of rotatable bonds is 3. The van der Waals surface area contributed by atoms with Crippen LogP contribution in [0.1, 0.15) is 23.5 Å². The number of nitrogens with zero attached hydrogens (tertiary/aromatic N) is 4. The van der Waals surface area contributed by atoms with Gasteiger partial charge in [-0.05, 0) is 31.2 Å². The van der Waals surface area contributed by atoms with Crippen molar-refractivity contribution in [3.05, 3.63) is 54.7 Å². The molecule has 0 radical (unpaired) electrons. The van der Waals surface area contributed by atoms with Gasteiger partial charge in [0, 0.05) is 26.2 Å².